The number of H-pyrrole nitrogens is 1. The lowest BCUT2D eigenvalue weighted by Gasteiger charge is -2.08. The molecule has 1 N–H and O–H groups in total. The van der Waals surface area contributed by atoms with Crippen LogP contribution in [0.4, 0.5) is 13.2 Å². The second-order valence-electron chi connectivity index (χ2n) is 4.22. The molecule has 0 radical (unpaired) electrons. The first-order chi connectivity index (χ1) is 9.04. The van der Waals surface area contributed by atoms with E-state index >= 15 is 0 Å². The Bertz CT molecular complexity index is 729. The van der Waals surface area contributed by atoms with Gasteiger partial charge in [-0.15, -0.1) is 0 Å². The minimum atomic E-state index is -4.33. The minimum absolute atomic E-state index is 0.505. The van der Waals surface area contributed by atoms with Gasteiger partial charge in [-0.2, -0.15) is 13.2 Å². The highest BCUT2D eigenvalue weighted by Crippen LogP contribution is 2.32. The normalized spacial score (nSPS) is 11.9. The quantitative estimate of drug-likeness (QED) is 0.697. The first-order valence-electron chi connectivity index (χ1n) is 5.65. The Kier molecular flexibility index (Phi) is 2.55. The second kappa shape index (κ2) is 4.12. The van der Waals surface area contributed by atoms with Gasteiger partial charge in [-0.3, -0.25) is 0 Å². The smallest absolute Gasteiger partial charge is 0.346 e. The van der Waals surface area contributed by atoms with Gasteiger partial charge in [-0.05, 0) is 29.8 Å². The summed E-state index contributed by atoms with van der Waals surface area (Å²) in [6, 6.07) is 8.89. The van der Waals surface area contributed by atoms with E-state index in [2.05, 4.69) is 9.97 Å². The lowest BCUT2D eigenvalue weighted by atomic mass is 10.0. The van der Waals surface area contributed by atoms with Gasteiger partial charge < -0.3 is 4.98 Å². The molecule has 0 aliphatic heterocycles. The van der Waals surface area contributed by atoms with Crippen LogP contribution in [0.3, 0.4) is 0 Å². The zero-order chi connectivity index (χ0) is 13.5. The van der Waals surface area contributed by atoms with E-state index in [1.54, 1.807) is 18.5 Å². The Morgan fingerprint density at radius 2 is 1.84 bits per heavy atom. The summed E-state index contributed by atoms with van der Waals surface area (Å²) in [5, 5.41) is 0.870. The zero-order valence-electron chi connectivity index (χ0n) is 9.70. The number of fused-ring (bicyclic) bond motifs is 1. The monoisotopic (exact) mass is 262 g/mol. The SMILES string of the molecule is FC(F)(F)c1cccc(-c2cnc3[nH]ccc3c2)c1. The molecule has 0 fully saturated rings. The number of alkyl halides is 3. The van der Waals surface area contributed by atoms with Crippen molar-refractivity contribution in [3.8, 4) is 11.1 Å². The van der Waals surface area contributed by atoms with E-state index in [1.165, 1.54) is 6.07 Å². The summed E-state index contributed by atoms with van der Waals surface area (Å²) >= 11 is 0. The predicted octanol–water partition coefficient (Wildman–Crippen LogP) is 4.25. The third-order valence-corrected chi connectivity index (χ3v) is 2.92. The Balaban J connectivity index is 2.10. The second-order valence-corrected chi connectivity index (χ2v) is 4.22. The molecule has 3 aromatic rings. The molecular weight excluding hydrogens is 253 g/mol. The van der Waals surface area contributed by atoms with Gasteiger partial charge in [0.2, 0.25) is 0 Å². The molecule has 1 aromatic carbocycles. The van der Waals surface area contributed by atoms with Crippen molar-refractivity contribution in [2.24, 2.45) is 0 Å². The van der Waals surface area contributed by atoms with E-state index in [9.17, 15) is 13.2 Å². The van der Waals surface area contributed by atoms with Crippen LogP contribution in [0.15, 0.2) is 48.8 Å². The fraction of sp³-hybridized carbons (Fsp3) is 0.0714. The maximum atomic E-state index is 12.7. The maximum absolute atomic E-state index is 12.7. The highest BCUT2D eigenvalue weighted by atomic mass is 19.4. The molecule has 0 saturated carbocycles. The van der Waals surface area contributed by atoms with E-state index < -0.39 is 11.7 Å². The maximum Gasteiger partial charge on any atom is 0.416 e. The average molecular weight is 262 g/mol. The van der Waals surface area contributed by atoms with Crippen LogP contribution in [-0.4, -0.2) is 9.97 Å². The van der Waals surface area contributed by atoms with E-state index in [1.807, 2.05) is 12.1 Å². The van der Waals surface area contributed by atoms with Crippen LogP contribution in [0.25, 0.3) is 22.2 Å². The van der Waals surface area contributed by atoms with E-state index in [4.69, 9.17) is 0 Å². The average Bonchev–Trinajstić information content (AvgIpc) is 2.85. The summed E-state index contributed by atoms with van der Waals surface area (Å²) in [7, 11) is 0. The van der Waals surface area contributed by atoms with Gasteiger partial charge in [0.05, 0.1) is 5.56 Å². The van der Waals surface area contributed by atoms with Crippen molar-refractivity contribution in [1.29, 1.82) is 0 Å². The van der Waals surface area contributed by atoms with Gasteiger partial charge in [0.15, 0.2) is 0 Å². The van der Waals surface area contributed by atoms with Crippen LogP contribution < -0.4 is 0 Å². The Morgan fingerprint density at radius 3 is 2.63 bits per heavy atom. The first kappa shape index (κ1) is 11.8. The molecule has 3 rings (SSSR count). The van der Waals surface area contributed by atoms with Crippen LogP contribution in [0.1, 0.15) is 5.56 Å². The largest absolute Gasteiger partial charge is 0.416 e. The van der Waals surface area contributed by atoms with Crippen LogP contribution in [0.2, 0.25) is 0 Å². The fourth-order valence-corrected chi connectivity index (χ4v) is 1.97. The van der Waals surface area contributed by atoms with Crippen LogP contribution in [-0.2, 0) is 6.18 Å². The van der Waals surface area contributed by atoms with Gasteiger partial charge in [-0.1, -0.05) is 12.1 Å². The fourth-order valence-electron chi connectivity index (χ4n) is 1.97. The molecule has 0 aliphatic carbocycles. The molecule has 0 spiro atoms. The number of rotatable bonds is 1. The molecular formula is C14H9F3N2. The van der Waals surface area contributed by atoms with E-state index in [0.29, 0.717) is 11.1 Å². The molecule has 5 heteroatoms. The molecule has 0 unspecified atom stereocenters. The number of aromatic nitrogens is 2. The molecule has 0 amide bonds. The Hall–Kier alpha value is -2.30. The number of hydrogen-bond acceptors (Lipinski definition) is 1. The molecule has 0 aliphatic rings. The zero-order valence-corrected chi connectivity index (χ0v) is 9.70. The van der Waals surface area contributed by atoms with Crippen molar-refractivity contribution in [2.45, 2.75) is 6.18 Å². The minimum Gasteiger partial charge on any atom is -0.346 e. The third-order valence-electron chi connectivity index (χ3n) is 2.92. The molecule has 2 nitrogen and oxygen atoms in total. The van der Waals surface area contributed by atoms with Crippen LogP contribution in [0.5, 0.6) is 0 Å². The van der Waals surface area contributed by atoms with Gasteiger partial charge in [0.25, 0.3) is 0 Å². The molecule has 96 valence electrons. The van der Waals surface area contributed by atoms with Crippen molar-refractivity contribution in [3.05, 3.63) is 54.4 Å². The number of pyridine rings is 1. The molecule has 0 bridgehead atoms. The molecule has 2 aromatic heterocycles. The van der Waals surface area contributed by atoms with E-state index in [0.717, 1.165) is 23.2 Å². The van der Waals surface area contributed by atoms with Crippen LogP contribution >= 0.6 is 0 Å². The van der Waals surface area contributed by atoms with Gasteiger partial charge in [0, 0.05) is 23.3 Å². The number of aromatic amines is 1. The standard InChI is InChI=1S/C14H9F3N2/c15-14(16,17)12-3-1-2-9(7-12)11-6-10-4-5-18-13(10)19-8-11/h1-8H,(H,18,19). The van der Waals surface area contributed by atoms with Gasteiger partial charge in [-0.25, -0.2) is 4.98 Å². The molecule has 0 atom stereocenters. The van der Waals surface area contributed by atoms with Crippen molar-refractivity contribution < 1.29 is 13.2 Å². The molecule has 2 heterocycles. The van der Waals surface area contributed by atoms with Gasteiger partial charge in [0.1, 0.15) is 5.65 Å². The Labute approximate surface area is 106 Å². The highest BCUT2D eigenvalue weighted by molar-refractivity contribution is 5.81. The number of hydrogen-bond donors (Lipinski definition) is 1. The summed E-state index contributed by atoms with van der Waals surface area (Å²) < 4.78 is 38.0. The highest BCUT2D eigenvalue weighted by Gasteiger charge is 2.30. The molecule has 19 heavy (non-hydrogen) atoms. The summed E-state index contributed by atoms with van der Waals surface area (Å²) in [4.78, 5) is 7.12. The van der Waals surface area contributed by atoms with Crippen molar-refractivity contribution >= 4 is 11.0 Å². The lowest BCUT2D eigenvalue weighted by Crippen LogP contribution is -2.04. The van der Waals surface area contributed by atoms with E-state index in [-0.39, 0.29) is 0 Å². The van der Waals surface area contributed by atoms with Crippen LogP contribution in [0, 0.1) is 0 Å². The third kappa shape index (κ3) is 2.19. The van der Waals surface area contributed by atoms with Crippen molar-refractivity contribution in [2.75, 3.05) is 0 Å². The summed E-state index contributed by atoms with van der Waals surface area (Å²) in [6.07, 6.45) is -1.02. The van der Waals surface area contributed by atoms with Crippen molar-refractivity contribution in [3.63, 3.8) is 0 Å². The van der Waals surface area contributed by atoms with Gasteiger partial charge >= 0.3 is 6.18 Å². The lowest BCUT2D eigenvalue weighted by molar-refractivity contribution is -0.137. The Morgan fingerprint density at radius 1 is 1.00 bits per heavy atom. The summed E-state index contributed by atoms with van der Waals surface area (Å²) in [5.74, 6) is 0. The number of nitrogens with zero attached hydrogens (tertiary/aromatic N) is 1. The number of halogens is 3. The van der Waals surface area contributed by atoms with Crippen molar-refractivity contribution in [1.82, 2.24) is 9.97 Å². The predicted molar refractivity (Wildman–Crippen MR) is 66.5 cm³/mol. The number of benzene rings is 1. The summed E-state index contributed by atoms with van der Waals surface area (Å²) in [5.41, 5.74) is 1.23. The number of nitrogens with one attached hydrogen (secondary N) is 1. The molecule has 0 saturated heterocycles. The first-order valence-corrected chi connectivity index (χ1v) is 5.65. The summed E-state index contributed by atoms with van der Waals surface area (Å²) in [6.45, 7) is 0. The topological polar surface area (TPSA) is 28.7 Å².